The van der Waals surface area contributed by atoms with Crippen molar-refractivity contribution in [2.75, 3.05) is 13.1 Å². The van der Waals surface area contributed by atoms with E-state index in [1.165, 1.54) is 4.90 Å². The number of carbonyl (C=O) groups is 1. The number of likely N-dealkylation sites (tertiary alicyclic amines) is 1. The molecule has 0 aromatic carbocycles. The van der Waals surface area contributed by atoms with E-state index in [4.69, 9.17) is 0 Å². The van der Waals surface area contributed by atoms with Crippen LogP contribution in [0.1, 0.15) is 20.3 Å². The number of aliphatic hydroxyl groups excluding tert-OH is 2. The molecule has 1 aliphatic heterocycles. The summed E-state index contributed by atoms with van der Waals surface area (Å²) in [6, 6.07) is 0. The lowest BCUT2D eigenvalue weighted by Crippen LogP contribution is -2.52. The first-order chi connectivity index (χ1) is 6.06. The summed E-state index contributed by atoms with van der Waals surface area (Å²) in [6.07, 6.45) is -0.771. The Morgan fingerprint density at radius 3 is 2.23 bits per heavy atom. The normalized spacial score (nSPS) is 34.8. The lowest BCUT2D eigenvalue weighted by molar-refractivity contribution is -0.140. The fourth-order valence-corrected chi connectivity index (χ4v) is 1.54. The Morgan fingerprint density at radius 1 is 1.38 bits per heavy atom. The van der Waals surface area contributed by atoms with E-state index in [-0.39, 0.29) is 11.8 Å². The zero-order chi connectivity index (χ0) is 10.0. The van der Waals surface area contributed by atoms with Crippen molar-refractivity contribution in [1.82, 2.24) is 4.90 Å². The Bertz CT molecular complexity index is 183. The molecule has 0 aromatic rings. The standard InChI is InChI=1S/C9H17NO3/c1-3-9(13)10-4-7(11)6(2)8(12)5-10/h6-8,11-12H,3-5H2,1-2H3/t6?,7-,8+. The molecule has 0 aromatic heterocycles. The topological polar surface area (TPSA) is 60.8 Å². The molecule has 1 saturated heterocycles. The van der Waals surface area contributed by atoms with Crippen LogP contribution in [0.15, 0.2) is 0 Å². The summed E-state index contributed by atoms with van der Waals surface area (Å²) >= 11 is 0. The highest BCUT2D eigenvalue weighted by Gasteiger charge is 2.33. The van der Waals surface area contributed by atoms with Crippen molar-refractivity contribution in [3.8, 4) is 0 Å². The van der Waals surface area contributed by atoms with Gasteiger partial charge in [0.15, 0.2) is 0 Å². The van der Waals surface area contributed by atoms with E-state index >= 15 is 0 Å². The summed E-state index contributed by atoms with van der Waals surface area (Å²) in [4.78, 5) is 12.8. The second-order valence-corrected chi connectivity index (χ2v) is 3.65. The van der Waals surface area contributed by atoms with Crippen molar-refractivity contribution in [3.63, 3.8) is 0 Å². The molecule has 2 N–H and O–H groups in total. The minimum Gasteiger partial charge on any atom is -0.391 e. The number of rotatable bonds is 1. The fourth-order valence-electron chi connectivity index (χ4n) is 1.54. The fraction of sp³-hybridized carbons (Fsp3) is 0.889. The molecule has 4 heteroatoms. The summed E-state index contributed by atoms with van der Waals surface area (Å²) in [5.74, 6) is -0.147. The number of hydrogen-bond donors (Lipinski definition) is 2. The van der Waals surface area contributed by atoms with E-state index in [0.29, 0.717) is 19.5 Å². The molecule has 3 atom stereocenters. The molecule has 1 amide bonds. The first-order valence-corrected chi connectivity index (χ1v) is 4.70. The molecular formula is C9H17NO3. The van der Waals surface area contributed by atoms with Gasteiger partial charge in [-0.25, -0.2) is 0 Å². The Balaban J connectivity index is 2.58. The van der Waals surface area contributed by atoms with E-state index < -0.39 is 12.2 Å². The minimum absolute atomic E-state index is 0.00926. The number of nitrogens with zero attached hydrogens (tertiary/aromatic N) is 1. The summed E-state index contributed by atoms with van der Waals surface area (Å²) in [5, 5.41) is 19.0. The molecule has 76 valence electrons. The monoisotopic (exact) mass is 187 g/mol. The van der Waals surface area contributed by atoms with Crippen LogP contribution < -0.4 is 0 Å². The molecule has 13 heavy (non-hydrogen) atoms. The third-order valence-electron chi connectivity index (χ3n) is 2.68. The van der Waals surface area contributed by atoms with Gasteiger partial charge in [-0.05, 0) is 0 Å². The number of amides is 1. The average Bonchev–Trinajstić information content (AvgIpc) is 2.12. The van der Waals surface area contributed by atoms with Gasteiger partial charge in [-0.2, -0.15) is 0 Å². The molecule has 1 heterocycles. The Kier molecular flexibility index (Phi) is 3.27. The molecule has 0 saturated carbocycles. The molecule has 1 unspecified atom stereocenters. The largest absolute Gasteiger partial charge is 0.391 e. The number of hydrogen-bond acceptors (Lipinski definition) is 3. The highest BCUT2D eigenvalue weighted by molar-refractivity contribution is 5.76. The van der Waals surface area contributed by atoms with Crippen molar-refractivity contribution in [3.05, 3.63) is 0 Å². The Hall–Kier alpha value is -0.610. The molecular weight excluding hydrogens is 170 g/mol. The van der Waals surface area contributed by atoms with Crippen molar-refractivity contribution >= 4 is 5.91 Å². The van der Waals surface area contributed by atoms with Gasteiger partial charge in [0, 0.05) is 25.4 Å². The van der Waals surface area contributed by atoms with Gasteiger partial charge in [0.1, 0.15) is 0 Å². The van der Waals surface area contributed by atoms with Crippen LogP contribution in [0.2, 0.25) is 0 Å². The van der Waals surface area contributed by atoms with E-state index in [1.54, 1.807) is 13.8 Å². The highest BCUT2D eigenvalue weighted by Crippen LogP contribution is 2.18. The molecule has 0 bridgehead atoms. The lowest BCUT2D eigenvalue weighted by Gasteiger charge is -2.37. The van der Waals surface area contributed by atoms with Crippen molar-refractivity contribution in [2.24, 2.45) is 5.92 Å². The van der Waals surface area contributed by atoms with Crippen molar-refractivity contribution < 1.29 is 15.0 Å². The van der Waals surface area contributed by atoms with Crippen LogP contribution in [0.3, 0.4) is 0 Å². The Morgan fingerprint density at radius 2 is 1.85 bits per heavy atom. The van der Waals surface area contributed by atoms with E-state index in [1.807, 2.05) is 0 Å². The number of piperidine rings is 1. The lowest BCUT2D eigenvalue weighted by atomic mass is 9.93. The maximum Gasteiger partial charge on any atom is 0.222 e. The van der Waals surface area contributed by atoms with Gasteiger partial charge in [-0.3, -0.25) is 4.79 Å². The highest BCUT2D eigenvalue weighted by atomic mass is 16.3. The number of β-amino-alcohol motifs (C(OH)–C–C–N with tert-alkyl or cyclic N) is 2. The Labute approximate surface area is 78.2 Å². The van der Waals surface area contributed by atoms with Gasteiger partial charge in [0.25, 0.3) is 0 Å². The van der Waals surface area contributed by atoms with Crippen LogP contribution >= 0.6 is 0 Å². The second-order valence-electron chi connectivity index (χ2n) is 3.65. The van der Waals surface area contributed by atoms with Crippen LogP contribution in [0.25, 0.3) is 0 Å². The molecule has 0 radical (unpaired) electrons. The first-order valence-electron chi connectivity index (χ1n) is 4.70. The van der Waals surface area contributed by atoms with Crippen LogP contribution in [-0.4, -0.2) is 46.3 Å². The molecule has 4 nitrogen and oxygen atoms in total. The summed E-state index contributed by atoms with van der Waals surface area (Å²) in [5.41, 5.74) is 0. The van der Waals surface area contributed by atoms with Gasteiger partial charge in [-0.1, -0.05) is 13.8 Å². The quantitative estimate of drug-likeness (QED) is 0.587. The van der Waals surface area contributed by atoms with Crippen molar-refractivity contribution in [2.45, 2.75) is 32.5 Å². The van der Waals surface area contributed by atoms with Crippen LogP contribution in [0.4, 0.5) is 0 Å². The molecule has 0 spiro atoms. The molecule has 1 aliphatic rings. The van der Waals surface area contributed by atoms with Crippen molar-refractivity contribution in [1.29, 1.82) is 0 Å². The van der Waals surface area contributed by atoms with Crippen LogP contribution in [-0.2, 0) is 4.79 Å². The predicted octanol–water partition coefficient (Wildman–Crippen LogP) is -0.404. The minimum atomic E-state index is -0.598. The predicted molar refractivity (Wildman–Crippen MR) is 48.0 cm³/mol. The third-order valence-corrected chi connectivity index (χ3v) is 2.68. The van der Waals surface area contributed by atoms with E-state index in [0.717, 1.165) is 0 Å². The molecule has 1 rings (SSSR count). The zero-order valence-electron chi connectivity index (χ0n) is 8.10. The van der Waals surface area contributed by atoms with Gasteiger partial charge in [-0.15, -0.1) is 0 Å². The van der Waals surface area contributed by atoms with Gasteiger partial charge in [0.05, 0.1) is 12.2 Å². The summed E-state index contributed by atoms with van der Waals surface area (Å²) < 4.78 is 0. The number of aliphatic hydroxyl groups is 2. The van der Waals surface area contributed by atoms with Crippen LogP contribution in [0, 0.1) is 5.92 Å². The number of carbonyl (C=O) groups excluding carboxylic acids is 1. The maximum absolute atomic E-state index is 11.3. The average molecular weight is 187 g/mol. The molecule has 1 fully saturated rings. The van der Waals surface area contributed by atoms with E-state index in [9.17, 15) is 15.0 Å². The van der Waals surface area contributed by atoms with E-state index in [2.05, 4.69) is 0 Å². The second kappa shape index (κ2) is 4.07. The summed E-state index contributed by atoms with van der Waals surface area (Å²) in [6.45, 7) is 4.28. The zero-order valence-corrected chi connectivity index (χ0v) is 8.10. The smallest absolute Gasteiger partial charge is 0.222 e. The van der Waals surface area contributed by atoms with Gasteiger partial charge >= 0.3 is 0 Å². The SMILES string of the molecule is CCC(=O)N1C[C@@H](O)C(C)[C@@H](O)C1. The van der Waals surface area contributed by atoms with Gasteiger partial charge < -0.3 is 15.1 Å². The maximum atomic E-state index is 11.3. The summed E-state index contributed by atoms with van der Waals surface area (Å²) in [7, 11) is 0. The van der Waals surface area contributed by atoms with Crippen LogP contribution in [0.5, 0.6) is 0 Å². The van der Waals surface area contributed by atoms with Gasteiger partial charge in [0.2, 0.25) is 5.91 Å². The third kappa shape index (κ3) is 2.19. The molecule has 0 aliphatic carbocycles. The first kappa shape index (κ1) is 10.5.